The van der Waals surface area contributed by atoms with Crippen molar-refractivity contribution in [2.45, 2.75) is 130 Å². The van der Waals surface area contributed by atoms with Crippen LogP contribution < -0.4 is 5.32 Å². The number of hydrogen-bond acceptors (Lipinski definition) is 3. The molecule has 3 aliphatic rings. The lowest BCUT2D eigenvalue weighted by Crippen LogP contribution is -2.48. The van der Waals surface area contributed by atoms with Crippen LogP contribution >= 0.6 is 0 Å². The second kappa shape index (κ2) is 7.33. The molecule has 0 aliphatic carbocycles. The van der Waals surface area contributed by atoms with Gasteiger partial charge < -0.3 is 14.6 Å². The summed E-state index contributed by atoms with van der Waals surface area (Å²) in [6, 6.07) is 1.56. The number of rotatable bonds is 6. The number of unbranched alkanes of at least 4 members (excludes halogenated alkanes) is 1. The van der Waals surface area contributed by atoms with Crippen molar-refractivity contribution in [3.8, 4) is 0 Å². The maximum absolute atomic E-state index is 6.19. The summed E-state index contributed by atoms with van der Waals surface area (Å²) in [5.74, 6) is 0.855. The van der Waals surface area contributed by atoms with Crippen LogP contribution in [0.5, 0.6) is 0 Å². The van der Waals surface area contributed by atoms with Crippen molar-refractivity contribution in [2.75, 3.05) is 0 Å². The predicted octanol–water partition coefficient (Wildman–Crippen LogP) is 5.83. The van der Waals surface area contributed by atoms with Gasteiger partial charge in [0.15, 0.2) is 0 Å². The van der Waals surface area contributed by atoms with Crippen molar-refractivity contribution in [3.05, 3.63) is 0 Å². The number of fused-ring (bicyclic) bond motifs is 2. The summed E-state index contributed by atoms with van der Waals surface area (Å²) in [7, 11) is -0.0365. The molecule has 1 N–H and O–H groups in total. The van der Waals surface area contributed by atoms with Crippen molar-refractivity contribution < 1.29 is 9.31 Å². The normalized spacial score (nSPS) is 34.7. The lowest BCUT2D eigenvalue weighted by atomic mass is 9.56. The highest BCUT2D eigenvalue weighted by Crippen LogP contribution is 2.53. The van der Waals surface area contributed by atoms with Gasteiger partial charge in [-0.3, -0.25) is 0 Å². The maximum Gasteiger partial charge on any atom is 0.457 e. The average Bonchev–Trinajstić information content (AvgIpc) is 2.97. The smallest absolute Gasteiger partial charge is 0.403 e. The van der Waals surface area contributed by atoms with Gasteiger partial charge in [0, 0.05) is 12.1 Å². The fourth-order valence-electron chi connectivity index (χ4n) is 5.66. The third kappa shape index (κ3) is 4.28. The number of hydrogen-bond donors (Lipinski definition) is 1. The fraction of sp³-hybridized carbons (Fsp3) is 1.00. The molecule has 3 heterocycles. The molecule has 3 saturated heterocycles. The molecule has 3 aliphatic heterocycles. The molecule has 3 unspecified atom stereocenters. The Morgan fingerprint density at radius 2 is 1.41 bits per heavy atom. The Bertz CT molecular complexity index is 499. The molecular weight excluding hydrogens is 333 g/mol. The van der Waals surface area contributed by atoms with Crippen molar-refractivity contribution in [1.82, 2.24) is 5.32 Å². The third-order valence-corrected chi connectivity index (χ3v) is 8.78. The van der Waals surface area contributed by atoms with Gasteiger partial charge in [-0.2, -0.15) is 0 Å². The zero-order valence-corrected chi connectivity index (χ0v) is 19.3. The number of nitrogens with one attached hydrogen (secondary N) is 1. The molecule has 0 aromatic rings. The predicted molar refractivity (Wildman–Crippen MR) is 115 cm³/mol. The highest BCUT2D eigenvalue weighted by atomic mass is 16.7. The highest BCUT2D eigenvalue weighted by molar-refractivity contribution is 6.45. The van der Waals surface area contributed by atoms with Gasteiger partial charge in [-0.1, -0.05) is 40.5 Å². The molecule has 0 amide bonds. The SMILES string of the molecule is CC(C)(C)C(C)(CCCCB1OC(C)(C)C(C)(C)O1)C1CC2CCC(C1)N2. The molecule has 0 radical (unpaired) electrons. The zero-order valence-electron chi connectivity index (χ0n) is 19.3. The van der Waals surface area contributed by atoms with E-state index in [2.05, 4.69) is 60.7 Å². The Balaban J connectivity index is 1.54. The van der Waals surface area contributed by atoms with E-state index in [0.717, 1.165) is 24.3 Å². The third-order valence-electron chi connectivity index (χ3n) is 8.78. The molecule has 0 spiro atoms. The first-order valence-corrected chi connectivity index (χ1v) is 11.5. The van der Waals surface area contributed by atoms with Crippen molar-refractivity contribution in [1.29, 1.82) is 0 Å². The molecule has 3 fully saturated rings. The monoisotopic (exact) mass is 377 g/mol. The van der Waals surface area contributed by atoms with E-state index in [1.54, 1.807) is 0 Å². The molecule has 0 aromatic heterocycles. The molecule has 27 heavy (non-hydrogen) atoms. The minimum absolute atomic E-state index is 0.0365. The van der Waals surface area contributed by atoms with E-state index >= 15 is 0 Å². The molecule has 0 aromatic carbocycles. The van der Waals surface area contributed by atoms with Crippen LogP contribution in [0.15, 0.2) is 0 Å². The first-order chi connectivity index (χ1) is 12.3. The van der Waals surface area contributed by atoms with E-state index in [1.807, 2.05) is 0 Å². The van der Waals surface area contributed by atoms with E-state index in [0.29, 0.717) is 10.8 Å². The Morgan fingerprint density at radius 1 is 0.889 bits per heavy atom. The van der Waals surface area contributed by atoms with Gasteiger partial charge in [0.2, 0.25) is 0 Å². The highest BCUT2D eigenvalue weighted by Gasteiger charge is 2.51. The summed E-state index contributed by atoms with van der Waals surface area (Å²) in [6.45, 7) is 18.6. The van der Waals surface area contributed by atoms with Gasteiger partial charge in [-0.05, 0) is 82.9 Å². The van der Waals surface area contributed by atoms with Gasteiger partial charge in [0.05, 0.1) is 11.2 Å². The lowest BCUT2D eigenvalue weighted by Gasteiger charge is -2.51. The van der Waals surface area contributed by atoms with Crippen LogP contribution in [0.2, 0.25) is 6.32 Å². The van der Waals surface area contributed by atoms with Crippen LogP contribution in [-0.4, -0.2) is 30.4 Å². The second-order valence-electron chi connectivity index (χ2n) is 11.9. The van der Waals surface area contributed by atoms with Crippen molar-refractivity contribution in [2.24, 2.45) is 16.7 Å². The Morgan fingerprint density at radius 3 is 1.89 bits per heavy atom. The minimum Gasteiger partial charge on any atom is -0.403 e. The summed E-state index contributed by atoms with van der Waals surface area (Å²) in [5.41, 5.74) is 0.350. The molecule has 156 valence electrons. The summed E-state index contributed by atoms with van der Waals surface area (Å²) in [6.07, 6.45) is 10.3. The van der Waals surface area contributed by atoms with E-state index in [1.165, 1.54) is 44.9 Å². The molecule has 0 saturated carbocycles. The second-order valence-corrected chi connectivity index (χ2v) is 11.9. The standard InChI is InChI=1S/C23H44BNO2/c1-20(2,3)23(8,17-15-18-11-12-19(16-17)25-18)13-9-10-14-24-26-21(4,5)22(6,7)27-24/h17-19,25H,9-16H2,1-8H3. The van der Waals surface area contributed by atoms with Gasteiger partial charge in [-0.15, -0.1) is 0 Å². The minimum atomic E-state index is -0.202. The van der Waals surface area contributed by atoms with Crippen LogP contribution in [0.1, 0.15) is 100 Å². The van der Waals surface area contributed by atoms with Gasteiger partial charge >= 0.3 is 7.12 Å². The summed E-state index contributed by atoms with van der Waals surface area (Å²) < 4.78 is 12.4. The van der Waals surface area contributed by atoms with Crippen LogP contribution in [0, 0.1) is 16.7 Å². The number of piperidine rings is 1. The zero-order chi connectivity index (χ0) is 20.1. The summed E-state index contributed by atoms with van der Waals surface area (Å²) in [5, 5.41) is 3.83. The van der Waals surface area contributed by atoms with E-state index < -0.39 is 0 Å². The molecular formula is C23H44BNO2. The van der Waals surface area contributed by atoms with Crippen molar-refractivity contribution in [3.63, 3.8) is 0 Å². The van der Waals surface area contributed by atoms with Crippen LogP contribution in [0.25, 0.3) is 0 Å². The molecule has 3 rings (SSSR count). The molecule has 4 heteroatoms. The topological polar surface area (TPSA) is 30.5 Å². The summed E-state index contributed by atoms with van der Waals surface area (Å²) in [4.78, 5) is 0. The first kappa shape index (κ1) is 21.6. The van der Waals surface area contributed by atoms with Crippen LogP contribution in [0.4, 0.5) is 0 Å². The lowest BCUT2D eigenvalue weighted by molar-refractivity contribution is -0.00276. The average molecular weight is 377 g/mol. The molecule has 3 nitrogen and oxygen atoms in total. The van der Waals surface area contributed by atoms with E-state index in [4.69, 9.17) is 9.31 Å². The van der Waals surface area contributed by atoms with E-state index in [-0.39, 0.29) is 18.3 Å². The largest absolute Gasteiger partial charge is 0.457 e. The Kier molecular flexibility index (Phi) is 5.87. The summed E-state index contributed by atoms with van der Waals surface area (Å²) >= 11 is 0. The maximum atomic E-state index is 6.19. The first-order valence-electron chi connectivity index (χ1n) is 11.5. The van der Waals surface area contributed by atoms with Crippen LogP contribution in [0.3, 0.4) is 0 Å². The van der Waals surface area contributed by atoms with Gasteiger partial charge in [0.25, 0.3) is 0 Å². The molecule has 2 bridgehead atoms. The Hall–Kier alpha value is -0.0551. The molecule has 3 atom stereocenters. The Labute approximate surface area is 168 Å². The van der Waals surface area contributed by atoms with E-state index in [9.17, 15) is 0 Å². The van der Waals surface area contributed by atoms with Gasteiger partial charge in [0.1, 0.15) is 0 Å². The van der Waals surface area contributed by atoms with Crippen molar-refractivity contribution >= 4 is 7.12 Å². The van der Waals surface area contributed by atoms with Crippen LogP contribution in [-0.2, 0) is 9.31 Å². The quantitative estimate of drug-likeness (QED) is 0.466. The van der Waals surface area contributed by atoms with Gasteiger partial charge in [-0.25, -0.2) is 0 Å². The fourth-order valence-corrected chi connectivity index (χ4v) is 5.66.